The van der Waals surface area contributed by atoms with Crippen molar-refractivity contribution in [2.24, 2.45) is 0 Å². The van der Waals surface area contributed by atoms with Crippen LogP contribution >= 0.6 is 11.6 Å². The maximum absolute atomic E-state index is 13.4. The van der Waals surface area contributed by atoms with Crippen LogP contribution in [0.5, 0.6) is 0 Å². The van der Waals surface area contributed by atoms with Crippen molar-refractivity contribution in [1.29, 1.82) is 0 Å². The summed E-state index contributed by atoms with van der Waals surface area (Å²) >= 11 is 5.95. The summed E-state index contributed by atoms with van der Waals surface area (Å²) < 4.78 is 13.4. The van der Waals surface area contributed by atoms with Crippen molar-refractivity contribution >= 4 is 17.4 Å². The number of hydrogen-bond donors (Lipinski definition) is 1. The van der Waals surface area contributed by atoms with E-state index < -0.39 is 0 Å². The number of rotatable bonds is 1. The minimum atomic E-state index is -0.328. The van der Waals surface area contributed by atoms with Crippen LogP contribution in [0.4, 0.5) is 10.2 Å². The molecule has 0 aliphatic carbocycles. The van der Waals surface area contributed by atoms with E-state index in [1.54, 1.807) is 18.2 Å². The number of anilines is 1. The summed E-state index contributed by atoms with van der Waals surface area (Å²) in [6.07, 6.45) is 1.47. The first-order chi connectivity index (χ1) is 7.18. The fourth-order valence-corrected chi connectivity index (χ4v) is 1.59. The number of pyridine rings is 1. The quantitative estimate of drug-likeness (QED) is 0.805. The van der Waals surface area contributed by atoms with Crippen molar-refractivity contribution in [3.05, 3.63) is 47.4 Å². The van der Waals surface area contributed by atoms with Crippen LogP contribution in [-0.4, -0.2) is 4.98 Å². The third kappa shape index (κ3) is 1.92. The maximum atomic E-state index is 13.4. The summed E-state index contributed by atoms with van der Waals surface area (Å²) in [5.41, 5.74) is 6.43. The Hall–Kier alpha value is -1.61. The van der Waals surface area contributed by atoms with Crippen molar-refractivity contribution in [2.75, 3.05) is 5.73 Å². The van der Waals surface area contributed by atoms with Crippen LogP contribution in [0, 0.1) is 5.82 Å². The Morgan fingerprint density at radius 1 is 1.20 bits per heavy atom. The predicted octanol–water partition coefficient (Wildman–Crippen LogP) is 3.12. The Morgan fingerprint density at radius 3 is 2.60 bits per heavy atom. The van der Waals surface area contributed by atoms with E-state index >= 15 is 0 Å². The molecule has 0 atom stereocenters. The van der Waals surface area contributed by atoms with Crippen molar-refractivity contribution in [3.63, 3.8) is 0 Å². The standard InChI is InChI=1S/C11H8ClFN2/c12-9-5-11(14)15-6-8(9)7-3-1-2-4-10(7)13/h1-6H,(H2,14,15). The second kappa shape index (κ2) is 3.87. The van der Waals surface area contributed by atoms with Gasteiger partial charge in [-0.2, -0.15) is 0 Å². The zero-order chi connectivity index (χ0) is 10.8. The van der Waals surface area contributed by atoms with Gasteiger partial charge in [0.1, 0.15) is 11.6 Å². The Balaban J connectivity index is 2.60. The number of nitrogen functional groups attached to an aromatic ring is 1. The Labute approximate surface area is 91.5 Å². The zero-order valence-corrected chi connectivity index (χ0v) is 8.50. The van der Waals surface area contributed by atoms with Gasteiger partial charge >= 0.3 is 0 Å². The zero-order valence-electron chi connectivity index (χ0n) is 7.74. The molecule has 76 valence electrons. The average molecular weight is 223 g/mol. The summed E-state index contributed by atoms with van der Waals surface area (Å²) in [6, 6.07) is 7.89. The van der Waals surface area contributed by atoms with Crippen molar-refractivity contribution < 1.29 is 4.39 Å². The van der Waals surface area contributed by atoms with E-state index in [0.29, 0.717) is 22.0 Å². The smallest absolute Gasteiger partial charge is 0.131 e. The lowest BCUT2D eigenvalue weighted by Gasteiger charge is -2.05. The molecule has 15 heavy (non-hydrogen) atoms. The fraction of sp³-hybridized carbons (Fsp3) is 0. The summed E-state index contributed by atoms with van der Waals surface area (Å²) in [4.78, 5) is 3.88. The molecule has 2 N–H and O–H groups in total. The van der Waals surface area contributed by atoms with Gasteiger partial charge in [-0.3, -0.25) is 0 Å². The number of halogens is 2. The molecule has 1 heterocycles. The summed E-state index contributed by atoms with van der Waals surface area (Å²) in [6.45, 7) is 0. The summed E-state index contributed by atoms with van der Waals surface area (Å²) in [5.74, 6) is -0.00828. The van der Waals surface area contributed by atoms with E-state index in [0.717, 1.165) is 0 Å². The van der Waals surface area contributed by atoms with Crippen LogP contribution in [-0.2, 0) is 0 Å². The van der Waals surface area contributed by atoms with E-state index in [1.165, 1.54) is 18.3 Å². The first kappa shape index (κ1) is 9.93. The normalized spacial score (nSPS) is 10.3. The van der Waals surface area contributed by atoms with Crippen LogP contribution in [0.15, 0.2) is 36.5 Å². The molecule has 0 amide bonds. The molecule has 0 unspecified atom stereocenters. The van der Waals surface area contributed by atoms with Crippen LogP contribution in [0.25, 0.3) is 11.1 Å². The molecule has 0 saturated carbocycles. The molecule has 1 aromatic carbocycles. The van der Waals surface area contributed by atoms with E-state index in [1.807, 2.05) is 0 Å². The summed E-state index contributed by atoms with van der Waals surface area (Å²) in [7, 11) is 0. The van der Waals surface area contributed by atoms with Crippen molar-refractivity contribution in [3.8, 4) is 11.1 Å². The highest BCUT2D eigenvalue weighted by Gasteiger charge is 2.08. The predicted molar refractivity (Wildman–Crippen MR) is 59.1 cm³/mol. The fourth-order valence-electron chi connectivity index (χ4n) is 1.32. The lowest BCUT2D eigenvalue weighted by atomic mass is 10.1. The van der Waals surface area contributed by atoms with Gasteiger partial charge in [-0.05, 0) is 12.1 Å². The van der Waals surface area contributed by atoms with Gasteiger partial charge in [0.25, 0.3) is 0 Å². The molecule has 0 spiro atoms. The SMILES string of the molecule is Nc1cc(Cl)c(-c2ccccc2F)cn1. The first-order valence-corrected chi connectivity index (χ1v) is 4.72. The Kier molecular flexibility index (Phi) is 2.56. The minimum absolute atomic E-state index is 0.320. The topological polar surface area (TPSA) is 38.9 Å². The maximum Gasteiger partial charge on any atom is 0.131 e. The third-order valence-corrected chi connectivity index (χ3v) is 2.35. The molecular weight excluding hydrogens is 215 g/mol. The molecule has 0 aliphatic rings. The number of benzene rings is 1. The molecule has 0 bridgehead atoms. The van der Waals surface area contributed by atoms with Crippen LogP contribution in [0.1, 0.15) is 0 Å². The molecule has 0 aliphatic heterocycles. The molecular formula is C11H8ClFN2. The number of aromatic nitrogens is 1. The van der Waals surface area contributed by atoms with Crippen LogP contribution in [0.3, 0.4) is 0 Å². The van der Waals surface area contributed by atoms with Crippen LogP contribution < -0.4 is 5.73 Å². The molecule has 2 rings (SSSR count). The Morgan fingerprint density at radius 2 is 1.93 bits per heavy atom. The van der Waals surface area contributed by atoms with Gasteiger partial charge < -0.3 is 5.73 Å². The van der Waals surface area contributed by atoms with E-state index in [2.05, 4.69) is 4.98 Å². The second-order valence-corrected chi connectivity index (χ2v) is 3.48. The second-order valence-electron chi connectivity index (χ2n) is 3.07. The Bertz CT molecular complexity index is 500. The molecule has 0 saturated heterocycles. The van der Waals surface area contributed by atoms with Gasteiger partial charge in [0.15, 0.2) is 0 Å². The molecule has 1 aromatic heterocycles. The van der Waals surface area contributed by atoms with Crippen molar-refractivity contribution in [1.82, 2.24) is 4.98 Å². The van der Waals surface area contributed by atoms with Gasteiger partial charge in [-0.1, -0.05) is 29.8 Å². The first-order valence-electron chi connectivity index (χ1n) is 4.34. The van der Waals surface area contributed by atoms with Crippen molar-refractivity contribution in [2.45, 2.75) is 0 Å². The average Bonchev–Trinajstić information content (AvgIpc) is 2.20. The third-order valence-electron chi connectivity index (χ3n) is 2.04. The van der Waals surface area contributed by atoms with E-state index in [-0.39, 0.29) is 5.82 Å². The number of hydrogen-bond acceptors (Lipinski definition) is 2. The largest absolute Gasteiger partial charge is 0.384 e. The summed E-state index contributed by atoms with van der Waals surface area (Å²) in [5, 5.41) is 0.396. The monoisotopic (exact) mass is 222 g/mol. The van der Waals surface area contributed by atoms with Crippen LogP contribution in [0.2, 0.25) is 5.02 Å². The molecule has 4 heteroatoms. The van der Waals surface area contributed by atoms with E-state index in [9.17, 15) is 4.39 Å². The molecule has 2 aromatic rings. The van der Waals surface area contributed by atoms with Gasteiger partial charge in [-0.15, -0.1) is 0 Å². The number of nitrogens with two attached hydrogens (primary N) is 1. The minimum Gasteiger partial charge on any atom is -0.384 e. The van der Waals surface area contributed by atoms with Gasteiger partial charge in [0.2, 0.25) is 0 Å². The molecule has 0 fully saturated rings. The number of nitrogens with zero attached hydrogens (tertiary/aromatic N) is 1. The molecule has 2 nitrogen and oxygen atoms in total. The lowest BCUT2D eigenvalue weighted by molar-refractivity contribution is 0.631. The highest BCUT2D eigenvalue weighted by Crippen LogP contribution is 2.29. The highest BCUT2D eigenvalue weighted by molar-refractivity contribution is 6.33. The van der Waals surface area contributed by atoms with Gasteiger partial charge in [-0.25, -0.2) is 9.37 Å². The van der Waals surface area contributed by atoms with Gasteiger partial charge in [0, 0.05) is 17.3 Å². The molecule has 0 radical (unpaired) electrons. The van der Waals surface area contributed by atoms with E-state index in [4.69, 9.17) is 17.3 Å². The lowest BCUT2D eigenvalue weighted by Crippen LogP contribution is -1.92. The highest BCUT2D eigenvalue weighted by atomic mass is 35.5. The van der Waals surface area contributed by atoms with Gasteiger partial charge in [0.05, 0.1) is 5.02 Å².